The molecule has 5 nitrogen and oxygen atoms in total. The van der Waals surface area contributed by atoms with E-state index in [1.807, 2.05) is 58.0 Å². The van der Waals surface area contributed by atoms with E-state index in [0.717, 1.165) is 21.7 Å². The van der Waals surface area contributed by atoms with E-state index >= 15 is 0 Å². The monoisotopic (exact) mass is 393 g/mol. The zero-order valence-corrected chi connectivity index (χ0v) is 17.2. The Morgan fingerprint density at radius 2 is 1.75 bits per heavy atom. The second-order valence-corrected chi connectivity index (χ2v) is 7.82. The first-order valence-electron chi connectivity index (χ1n) is 9.09. The SMILES string of the molecule is Cc1ccc(NC(=O)c2csc(-c3ccccc3C)n2)cc1C(=O)NC(C)C. The summed E-state index contributed by atoms with van der Waals surface area (Å²) in [6.45, 7) is 7.71. The summed E-state index contributed by atoms with van der Waals surface area (Å²) >= 11 is 1.44. The fourth-order valence-corrected chi connectivity index (χ4v) is 3.68. The van der Waals surface area contributed by atoms with E-state index in [4.69, 9.17) is 0 Å². The lowest BCUT2D eigenvalue weighted by atomic mass is 10.1. The van der Waals surface area contributed by atoms with Crippen LogP contribution in [0.15, 0.2) is 47.8 Å². The lowest BCUT2D eigenvalue weighted by Gasteiger charge is -2.12. The third kappa shape index (κ3) is 4.46. The van der Waals surface area contributed by atoms with E-state index in [0.29, 0.717) is 16.9 Å². The van der Waals surface area contributed by atoms with Gasteiger partial charge in [0.2, 0.25) is 0 Å². The first-order valence-corrected chi connectivity index (χ1v) is 9.97. The van der Waals surface area contributed by atoms with Crippen molar-refractivity contribution in [1.82, 2.24) is 10.3 Å². The van der Waals surface area contributed by atoms with Gasteiger partial charge in [-0.1, -0.05) is 30.3 Å². The van der Waals surface area contributed by atoms with Crippen molar-refractivity contribution in [2.24, 2.45) is 0 Å². The molecule has 0 aliphatic heterocycles. The number of benzene rings is 2. The van der Waals surface area contributed by atoms with Gasteiger partial charge in [-0.3, -0.25) is 9.59 Å². The zero-order chi connectivity index (χ0) is 20.3. The van der Waals surface area contributed by atoms with Crippen molar-refractivity contribution in [3.63, 3.8) is 0 Å². The van der Waals surface area contributed by atoms with Crippen molar-refractivity contribution in [2.45, 2.75) is 33.7 Å². The van der Waals surface area contributed by atoms with E-state index < -0.39 is 0 Å². The minimum atomic E-state index is -0.296. The first kappa shape index (κ1) is 19.8. The maximum atomic E-state index is 12.6. The highest BCUT2D eigenvalue weighted by molar-refractivity contribution is 7.13. The molecule has 3 rings (SSSR count). The van der Waals surface area contributed by atoms with Gasteiger partial charge in [-0.15, -0.1) is 11.3 Å². The van der Waals surface area contributed by atoms with Crippen LogP contribution >= 0.6 is 11.3 Å². The number of aromatic nitrogens is 1. The zero-order valence-electron chi connectivity index (χ0n) is 16.4. The molecule has 0 spiro atoms. The van der Waals surface area contributed by atoms with Gasteiger partial charge in [0, 0.05) is 28.2 Å². The smallest absolute Gasteiger partial charge is 0.275 e. The van der Waals surface area contributed by atoms with Crippen LogP contribution < -0.4 is 10.6 Å². The summed E-state index contributed by atoms with van der Waals surface area (Å²) < 4.78 is 0. The third-order valence-corrected chi connectivity index (χ3v) is 5.15. The standard InChI is InChI=1S/C22H23N3O2S/c1-13(2)23-20(26)18-11-16(10-9-15(18)4)24-21(27)19-12-28-22(25-19)17-8-6-5-7-14(17)3/h5-13H,1-4H3,(H,23,26)(H,24,27). The van der Waals surface area contributed by atoms with Crippen molar-refractivity contribution in [2.75, 3.05) is 5.32 Å². The van der Waals surface area contributed by atoms with Gasteiger partial charge in [-0.25, -0.2) is 4.98 Å². The van der Waals surface area contributed by atoms with Gasteiger partial charge in [0.1, 0.15) is 10.7 Å². The van der Waals surface area contributed by atoms with Crippen LogP contribution in [0, 0.1) is 13.8 Å². The summed E-state index contributed by atoms with van der Waals surface area (Å²) in [5.41, 5.74) is 4.46. The number of hydrogen-bond donors (Lipinski definition) is 2. The average Bonchev–Trinajstić information content (AvgIpc) is 3.13. The van der Waals surface area contributed by atoms with Crippen LogP contribution in [-0.4, -0.2) is 22.8 Å². The Balaban J connectivity index is 1.79. The number of amides is 2. The number of nitrogens with zero attached hydrogens (tertiary/aromatic N) is 1. The molecule has 2 aromatic carbocycles. The number of aryl methyl sites for hydroxylation is 2. The fourth-order valence-electron chi connectivity index (χ4n) is 2.79. The lowest BCUT2D eigenvalue weighted by Crippen LogP contribution is -2.30. The van der Waals surface area contributed by atoms with Crippen LogP contribution in [0.4, 0.5) is 5.69 Å². The highest BCUT2D eigenvalue weighted by Gasteiger charge is 2.15. The molecule has 0 bridgehead atoms. The quantitative estimate of drug-likeness (QED) is 0.653. The Bertz CT molecular complexity index is 1020. The number of rotatable bonds is 5. The summed E-state index contributed by atoms with van der Waals surface area (Å²) in [6, 6.07) is 13.3. The molecule has 1 aromatic heterocycles. The van der Waals surface area contributed by atoms with Gasteiger partial charge >= 0.3 is 0 Å². The first-order chi connectivity index (χ1) is 13.3. The predicted octanol–water partition coefficient (Wildman–Crippen LogP) is 4.82. The molecular weight excluding hydrogens is 370 g/mol. The summed E-state index contributed by atoms with van der Waals surface area (Å²) in [5.74, 6) is -0.450. The van der Waals surface area contributed by atoms with Crippen molar-refractivity contribution in [3.05, 3.63) is 70.2 Å². The highest BCUT2D eigenvalue weighted by atomic mass is 32.1. The minimum Gasteiger partial charge on any atom is -0.350 e. The maximum Gasteiger partial charge on any atom is 0.275 e. The number of thiazole rings is 1. The number of anilines is 1. The predicted molar refractivity (Wildman–Crippen MR) is 114 cm³/mol. The Kier molecular flexibility index (Phi) is 5.90. The molecule has 0 atom stereocenters. The van der Waals surface area contributed by atoms with E-state index in [1.165, 1.54) is 11.3 Å². The molecule has 28 heavy (non-hydrogen) atoms. The molecule has 6 heteroatoms. The van der Waals surface area contributed by atoms with E-state index in [9.17, 15) is 9.59 Å². The van der Waals surface area contributed by atoms with Gasteiger partial charge in [0.15, 0.2) is 0 Å². The van der Waals surface area contributed by atoms with Crippen molar-refractivity contribution in [3.8, 4) is 10.6 Å². The van der Waals surface area contributed by atoms with E-state index in [1.54, 1.807) is 17.5 Å². The lowest BCUT2D eigenvalue weighted by molar-refractivity contribution is 0.0941. The Morgan fingerprint density at radius 1 is 1.00 bits per heavy atom. The van der Waals surface area contributed by atoms with Gasteiger partial charge in [0.25, 0.3) is 11.8 Å². The molecule has 0 unspecified atom stereocenters. The molecule has 2 N–H and O–H groups in total. The molecule has 0 saturated carbocycles. The second-order valence-electron chi connectivity index (χ2n) is 6.96. The molecule has 0 aliphatic carbocycles. The van der Waals surface area contributed by atoms with Crippen molar-refractivity contribution in [1.29, 1.82) is 0 Å². The van der Waals surface area contributed by atoms with E-state index in [2.05, 4.69) is 15.6 Å². The van der Waals surface area contributed by atoms with Crippen LogP contribution in [0.1, 0.15) is 45.8 Å². The minimum absolute atomic E-state index is 0.0417. The Labute approximate surface area is 168 Å². The van der Waals surface area contributed by atoms with Crippen molar-refractivity contribution >= 4 is 28.8 Å². The van der Waals surface area contributed by atoms with Crippen LogP contribution in [-0.2, 0) is 0 Å². The number of hydrogen-bond acceptors (Lipinski definition) is 4. The molecule has 0 aliphatic rings. The molecule has 2 amide bonds. The van der Waals surface area contributed by atoms with E-state index in [-0.39, 0.29) is 17.9 Å². The Hall–Kier alpha value is -2.99. The molecule has 1 heterocycles. The number of nitrogens with one attached hydrogen (secondary N) is 2. The largest absolute Gasteiger partial charge is 0.350 e. The van der Waals surface area contributed by atoms with Crippen LogP contribution in [0.5, 0.6) is 0 Å². The fraction of sp³-hybridized carbons (Fsp3) is 0.227. The molecule has 3 aromatic rings. The number of carbonyl (C=O) groups is 2. The highest BCUT2D eigenvalue weighted by Crippen LogP contribution is 2.27. The number of carbonyl (C=O) groups excluding carboxylic acids is 2. The van der Waals surface area contributed by atoms with Gasteiger partial charge < -0.3 is 10.6 Å². The maximum absolute atomic E-state index is 12.6. The third-order valence-electron chi connectivity index (χ3n) is 4.27. The second kappa shape index (κ2) is 8.35. The normalized spacial score (nSPS) is 10.8. The van der Waals surface area contributed by atoms with Crippen LogP contribution in [0.2, 0.25) is 0 Å². The molecule has 0 fully saturated rings. The average molecular weight is 394 g/mol. The molecule has 144 valence electrons. The Morgan fingerprint density at radius 3 is 2.46 bits per heavy atom. The topological polar surface area (TPSA) is 71.1 Å². The van der Waals surface area contributed by atoms with Crippen LogP contribution in [0.25, 0.3) is 10.6 Å². The molecular formula is C22H23N3O2S. The van der Waals surface area contributed by atoms with Crippen LogP contribution in [0.3, 0.4) is 0 Å². The molecule has 0 radical (unpaired) electrons. The van der Waals surface area contributed by atoms with Gasteiger partial charge in [-0.2, -0.15) is 0 Å². The summed E-state index contributed by atoms with van der Waals surface area (Å²) in [6.07, 6.45) is 0. The van der Waals surface area contributed by atoms with Gasteiger partial charge in [-0.05, 0) is 51.0 Å². The summed E-state index contributed by atoms with van der Waals surface area (Å²) in [4.78, 5) is 29.4. The van der Waals surface area contributed by atoms with Crippen molar-refractivity contribution < 1.29 is 9.59 Å². The molecule has 0 saturated heterocycles. The summed E-state index contributed by atoms with van der Waals surface area (Å²) in [5, 5.41) is 8.27. The summed E-state index contributed by atoms with van der Waals surface area (Å²) in [7, 11) is 0. The van der Waals surface area contributed by atoms with Gasteiger partial charge in [0.05, 0.1) is 0 Å².